The molecule has 1 aromatic carbocycles. The summed E-state index contributed by atoms with van der Waals surface area (Å²) in [6, 6.07) is 6.08. The highest BCUT2D eigenvalue weighted by atomic mass is 19.1. The molecule has 9 heteroatoms. The Balaban J connectivity index is 1.36. The lowest BCUT2D eigenvalue weighted by molar-refractivity contribution is 0.0760. The third-order valence-electron chi connectivity index (χ3n) is 4.98. The number of rotatable bonds is 5. The van der Waals surface area contributed by atoms with Crippen molar-refractivity contribution in [2.75, 3.05) is 26.2 Å². The van der Waals surface area contributed by atoms with Crippen LogP contribution in [0.3, 0.4) is 0 Å². The van der Waals surface area contributed by atoms with E-state index in [2.05, 4.69) is 20.2 Å². The number of hydrogen-bond acceptors (Lipinski definition) is 6. The normalized spacial score (nSPS) is 15.4. The highest BCUT2D eigenvalue weighted by Gasteiger charge is 2.22. The van der Waals surface area contributed by atoms with Crippen molar-refractivity contribution in [1.29, 1.82) is 0 Å². The molecular weight excluding hydrogens is 375 g/mol. The first-order valence-corrected chi connectivity index (χ1v) is 9.75. The molecule has 0 spiro atoms. The molecule has 0 radical (unpaired) electrons. The lowest BCUT2D eigenvalue weighted by Gasteiger charge is -2.20. The first kappa shape index (κ1) is 19.3. The molecule has 8 nitrogen and oxygen atoms in total. The zero-order chi connectivity index (χ0) is 20.2. The van der Waals surface area contributed by atoms with Crippen molar-refractivity contribution in [2.45, 2.75) is 26.4 Å². The predicted molar refractivity (Wildman–Crippen MR) is 103 cm³/mol. The van der Waals surface area contributed by atoms with E-state index in [1.54, 1.807) is 29.2 Å². The van der Waals surface area contributed by atoms with E-state index in [0.29, 0.717) is 49.1 Å². The van der Waals surface area contributed by atoms with Crippen molar-refractivity contribution < 1.29 is 13.6 Å². The SMILES string of the molecule is CCn1cc(C(=O)N2CCCN(Cc3nnc(-c4cccc(F)c4)o3)CC2)cn1. The number of benzene rings is 1. The van der Waals surface area contributed by atoms with Crippen LogP contribution in [0.15, 0.2) is 41.1 Å². The van der Waals surface area contributed by atoms with Crippen molar-refractivity contribution in [2.24, 2.45) is 0 Å². The van der Waals surface area contributed by atoms with Gasteiger partial charge in [-0.3, -0.25) is 14.4 Å². The summed E-state index contributed by atoms with van der Waals surface area (Å²) >= 11 is 0. The predicted octanol–water partition coefficient (Wildman–Crippen LogP) is 2.44. The van der Waals surface area contributed by atoms with E-state index in [4.69, 9.17) is 4.42 Å². The number of carbonyl (C=O) groups is 1. The second kappa shape index (κ2) is 8.52. The number of aryl methyl sites for hydroxylation is 1. The highest BCUT2D eigenvalue weighted by molar-refractivity contribution is 5.93. The fraction of sp³-hybridized carbons (Fsp3) is 0.400. The van der Waals surface area contributed by atoms with Gasteiger partial charge in [-0.15, -0.1) is 10.2 Å². The van der Waals surface area contributed by atoms with Crippen molar-refractivity contribution in [3.63, 3.8) is 0 Å². The largest absolute Gasteiger partial charge is 0.419 e. The van der Waals surface area contributed by atoms with Crippen molar-refractivity contribution >= 4 is 5.91 Å². The Bertz CT molecular complexity index is 985. The molecule has 0 unspecified atom stereocenters. The van der Waals surface area contributed by atoms with Gasteiger partial charge in [-0.25, -0.2) is 4.39 Å². The van der Waals surface area contributed by atoms with E-state index in [1.807, 2.05) is 11.8 Å². The maximum Gasteiger partial charge on any atom is 0.257 e. The molecule has 1 aliphatic heterocycles. The minimum Gasteiger partial charge on any atom is -0.419 e. The van der Waals surface area contributed by atoms with Gasteiger partial charge in [0.2, 0.25) is 11.8 Å². The lowest BCUT2D eigenvalue weighted by atomic mass is 10.2. The standard InChI is InChI=1S/C20H23FN6O2/c1-2-27-13-16(12-22-27)20(28)26-8-4-7-25(9-10-26)14-18-23-24-19(29-18)15-5-3-6-17(21)11-15/h3,5-6,11-13H,2,4,7-10,14H2,1H3. The van der Waals surface area contributed by atoms with E-state index in [9.17, 15) is 9.18 Å². The van der Waals surface area contributed by atoms with E-state index in [-0.39, 0.29) is 11.7 Å². The van der Waals surface area contributed by atoms with Crippen molar-refractivity contribution in [3.05, 3.63) is 53.9 Å². The van der Waals surface area contributed by atoms with Gasteiger partial charge in [-0.1, -0.05) is 6.07 Å². The summed E-state index contributed by atoms with van der Waals surface area (Å²) in [5.74, 6) is 0.453. The summed E-state index contributed by atoms with van der Waals surface area (Å²) in [6.07, 6.45) is 4.27. The number of carbonyl (C=O) groups excluding carboxylic acids is 1. The number of halogens is 1. The summed E-state index contributed by atoms with van der Waals surface area (Å²) in [5.41, 5.74) is 1.18. The van der Waals surface area contributed by atoms with Gasteiger partial charge in [0.25, 0.3) is 5.91 Å². The van der Waals surface area contributed by atoms with Gasteiger partial charge in [0.15, 0.2) is 0 Å². The third-order valence-corrected chi connectivity index (χ3v) is 4.98. The molecule has 0 atom stereocenters. The molecule has 0 aliphatic carbocycles. The summed E-state index contributed by atoms with van der Waals surface area (Å²) in [7, 11) is 0. The third kappa shape index (κ3) is 4.51. The molecule has 1 fully saturated rings. The molecular formula is C20H23FN6O2. The molecule has 29 heavy (non-hydrogen) atoms. The van der Waals surface area contributed by atoms with Crippen LogP contribution in [-0.4, -0.2) is 61.9 Å². The van der Waals surface area contributed by atoms with Crippen LogP contribution in [0.5, 0.6) is 0 Å². The van der Waals surface area contributed by atoms with Crippen LogP contribution in [0.25, 0.3) is 11.5 Å². The molecule has 2 aromatic heterocycles. The van der Waals surface area contributed by atoms with Crippen LogP contribution in [0.4, 0.5) is 4.39 Å². The molecule has 3 heterocycles. The second-order valence-electron chi connectivity index (χ2n) is 7.02. The van der Waals surface area contributed by atoms with Crippen molar-refractivity contribution in [3.8, 4) is 11.5 Å². The highest BCUT2D eigenvalue weighted by Crippen LogP contribution is 2.19. The van der Waals surface area contributed by atoms with E-state index in [0.717, 1.165) is 19.5 Å². The van der Waals surface area contributed by atoms with Gasteiger partial charge < -0.3 is 9.32 Å². The van der Waals surface area contributed by atoms with Crippen LogP contribution in [0.2, 0.25) is 0 Å². The summed E-state index contributed by atoms with van der Waals surface area (Å²) in [6.45, 7) is 6.09. The monoisotopic (exact) mass is 398 g/mol. The average Bonchev–Trinajstić information content (AvgIpc) is 3.33. The Kier molecular flexibility index (Phi) is 5.66. The van der Waals surface area contributed by atoms with Crippen LogP contribution < -0.4 is 0 Å². The Hall–Kier alpha value is -3.07. The molecule has 1 saturated heterocycles. The molecule has 3 aromatic rings. The minimum absolute atomic E-state index is 0.0118. The Labute approximate surface area is 167 Å². The van der Waals surface area contributed by atoms with Crippen LogP contribution in [-0.2, 0) is 13.1 Å². The summed E-state index contributed by atoms with van der Waals surface area (Å²) in [5, 5.41) is 12.3. The zero-order valence-corrected chi connectivity index (χ0v) is 16.3. The molecule has 1 aliphatic rings. The minimum atomic E-state index is -0.344. The summed E-state index contributed by atoms with van der Waals surface area (Å²) in [4.78, 5) is 16.8. The smallest absolute Gasteiger partial charge is 0.257 e. The Morgan fingerprint density at radius 1 is 1.21 bits per heavy atom. The maximum atomic E-state index is 13.4. The molecule has 4 rings (SSSR count). The molecule has 1 amide bonds. The number of hydrogen-bond donors (Lipinski definition) is 0. The second-order valence-corrected chi connectivity index (χ2v) is 7.02. The lowest BCUT2D eigenvalue weighted by Crippen LogP contribution is -2.35. The van der Waals surface area contributed by atoms with Gasteiger partial charge in [0.1, 0.15) is 5.82 Å². The van der Waals surface area contributed by atoms with Gasteiger partial charge in [0, 0.05) is 44.5 Å². The van der Waals surface area contributed by atoms with Crippen LogP contribution in [0.1, 0.15) is 29.6 Å². The van der Waals surface area contributed by atoms with E-state index in [1.165, 1.54) is 12.1 Å². The van der Waals surface area contributed by atoms with Gasteiger partial charge >= 0.3 is 0 Å². The topological polar surface area (TPSA) is 80.3 Å². The average molecular weight is 398 g/mol. The zero-order valence-electron chi connectivity index (χ0n) is 16.3. The first-order chi connectivity index (χ1) is 14.1. The van der Waals surface area contributed by atoms with Gasteiger partial charge in [-0.05, 0) is 31.5 Å². The fourth-order valence-corrected chi connectivity index (χ4v) is 3.41. The van der Waals surface area contributed by atoms with Crippen LogP contribution in [0, 0.1) is 5.82 Å². The molecule has 152 valence electrons. The van der Waals surface area contributed by atoms with E-state index < -0.39 is 0 Å². The molecule has 0 bridgehead atoms. The molecule has 0 saturated carbocycles. The number of amides is 1. The number of aromatic nitrogens is 4. The Morgan fingerprint density at radius 2 is 2.10 bits per heavy atom. The number of nitrogens with zero attached hydrogens (tertiary/aromatic N) is 6. The van der Waals surface area contributed by atoms with Gasteiger partial charge in [0.05, 0.1) is 18.3 Å². The van der Waals surface area contributed by atoms with Crippen LogP contribution >= 0.6 is 0 Å². The first-order valence-electron chi connectivity index (χ1n) is 9.75. The summed E-state index contributed by atoms with van der Waals surface area (Å²) < 4.78 is 20.8. The fourth-order valence-electron chi connectivity index (χ4n) is 3.41. The van der Waals surface area contributed by atoms with Gasteiger partial charge in [-0.2, -0.15) is 5.10 Å². The maximum absolute atomic E-state index is 13.4. The van der Waals surface area contributed by atoms with E-state index >= 15 is 0 Å². The molecule has 0 N–H and O–H groups in total. The quantitative estimate of drug-likeness (QED) is 0.657. The van der Waals surface area contributed by atoms with Crippen molar-refractivity contribution in [1.82, 2.24) is 29.8 Å². The Morgan fingerprint density at radius 3 is 2.90 bits per heavy atom.